The Labute approximate surface area is 198 Å². The van der Waals surface area contributed by atoms with Gasteiger partial charge in [0.2, 0.25) is 11.1 Å². The molecule has 9 nitrogen and oxygen atoms in total. The zero-order valence-electron chi connectivity index (χ0n) is 18.2. The van der Waals surface area contributed by atoms with Crippen LogP contribution in [0.25, 0.3) is 17.0 Å². The SMILES string of the molecule is CCOC(=O)c1c(-c2ccco2)csc1NC(=O)CSc1nnnn1-c1c(C)cccc1C. The molecule has 11 heteroatoms. The van der Waals surface area contributed by atoms with Gasteiger partial charge in [0.1, 0.15) is 16.3 Å². The fourth-order valence-corrected chi connectivity index (χ4v) is 4.94. The zero-order chi connectivity index (χ0) is 23.4. The predicted molar refractivity (Wildman–Crippen MR) is 126 cm³/mol. The maximum atomic E-state index is 12.7. The molecule has 0 radical (unpaired) electrons. The highest BCUT2D eigenvalue weighted by atomic mass is 32.2. The highest BCUT2D eigenvalue weighted by molar-refractivity contribution is 7.99. The molecule has 0 saturated heterocycles. The second-order valence-corrected chi connectivity index (χ2v) is 8.82. The van der Waals surface area contributed by atoms with E-state index in [1.807, 2.05) is 32.0 Å². The number of thiophene rings is 1. The van der Waals surface area contributed by atoms with Crippen LogP contribution in [0.1, 0.15) is 28.4 Å². The number of amides is 1. The highest BCUT2D eigenvalue weighted by Crippen LogP contribution is 2.36. The Morgan fingerprint density at radius 3 is 2.70 bits per heavy atom. The van der Waals surface area contributed by atoms with Gasteiger partial charge < -0.3 is 14.5 Å². The second kappa shape index (κ2) is 10.0. The third-order valence-electron chi connectivity index (χ3n) is 4.73. The van der Waals surface area contributed by atoms with Gasteiger partial charge in [0.25, 0.3) is 0 Å². The van der Waals surface area contributed by atoms with E-state index in [4.69, 9.17) is 9.15 Å². The normalized spacial score (nSPS) is 10.9. The minimum atomic E-state index is -0.521. The summed E-state index contributed by atoms with van der Waals surface area (Å²) in [4.78, 5) is 25.3. The minimum absolute atomic E-state index is 0.0571. The molecule has 1 amide bonds. The quantitative estimate of drug-likeness (QED) is 0.288. The minimum Gasteiger partial charge on any atom is -0.464 e. The molecule has 4 aromatic rings. The summed E-state index contributed by atoms with van der Waals surface area (Å²) in [5.74, 6) is -0.236. The maximum absolute atomic E-state index is 12.7. The molecule has 0 aliphatic heterocycles. The first-order valence-corrected chi connectivity index (χ1v) is 12.0. The first kappa shape index (κ1) is 22.7. The summed E-state index contributed by atoms with van der Waals surface area (Å²) < 4.78 is 12.3. The molecular weight excluding hydrogens is 462 g/mol. The number of furan rings is 1. The predicted octanol–water partition coefficient (Wildman–Crippen LogP) is 4.51. The lowest BCUT2D eigenvalue weighted by Gasteiger charge is -2.10. The van der Waals surface area contributed by atoms with E-state index in [2.05, 4.69) is 20.8 Å². The summed E-state index contributed by atoms with van der Waals surface area (Å²) in [7, 11) is 0. The molecule has 0 spiro atoms. The van der Waals surface area contributed by atoms with Gasteiger partial charge in [-0.3, -0.25) is 4.79 Å². The van der Waals surface area contributed by atoms with E-state index >= 15 is 0 Å². The van der Waals surface area contributed by atoms with Crippen molar-refractivity contribution in [3.05, 3.63) is 58.7 Å². The Balaban J connectivity index is 1.51. The Morgan fingerprint density at radius 2 is 2.00 bits per heavy atom. The van der Waals surface area contributed by atoms with E-state index in [0.29, 0.717) is 21.5 Å². The van der Waals surface area contributed by atoms with Crippen molar-refractivity contribution in [2.75, 3.05) is 17.7 Å². The molecule has 0 atom stereocenters. The Morgan fingerprint density at radius 1 is 1.21 bits per heavy atom. The topological polar surface area (TPSA) is 112 Å². The summed E-state index contributed by atoms with van der Waals surface area (Å²) in [5, 5.41) is 17.4. The van der Waals surface area contributed by atoms with Crippen LogP contribution < -0.4 is 5.32 Å². The number of hydrogen-bond acceptors (Lipinski definition) is 9. The molecule has 1 N–H and O–H groups in total. The highest BCUT2D eigenvalue weighted by Gasteiger charge is 2.24. The van der Waals surface area contributed by atoms with E-state index in [9.17, 15) is 9.59 Å². The molecule has 0 aliphatic rings. The third kappa shape index (κ3) is 4.83. The van der Waals surface area contributed by atoms with E-state index in [-0.39, 0.29) is 23.8 Å². The van der Waals surface area contributed by atoms with Gasteiger partial charge in [-0.05, 0) is 54.5 Å². The number of benzene rings is 1. The molecule has 170 valence electrons. The monoisotopic (exact) mass is 483 g/mol. The lowest BCUT2D eigenvalue weighted by molar-refractivity contribution is -0.113. The Kier molecular flexibility index (Phi) is 6.90. The van der Waals surface area contributed by atoms with Crippen LogP contribution in [0.4, 0.5) is 5.00 Å². The summed E-state index contributed by atoms with van der Waals surface area (Å²) in [6.45, 7) is 5.91. The van der Waals surface area contributed by atoms with E-state index in [1.54, 1.807) is 29.1 Å². The number of aryl methyl sites for hydroxylation is 2. The van der Waals surface area contributed by atoms with Crippen molar-refractivity contribution in [1.82, 2.24) is 20.2 Å². The van der Waals surface area contributed by atoms with Gasteiger partial charge in [-0.15, -0.1) is 16.4 Å². The Bertz CT molecular complexity index is 1260. The van der Waals surface area contributed by atoms with Crippen molar-refractivity contribution in [2.24, 2.45) is 0 Å². The largest absolute Gasteiger partial charge is 0.464 e. The van der Waals surface area contributed by atoms with E-state index in [1.165, 1.54) is 29.4 Å². The standard InChI is InChI=1S/C22H21N5O4S2/c1-4-30-21(29)18-15(16-9-6-10-31-16)11-32-20(18)23-17(28)12-33-22-24-25-26-27(22)19-13(2)7-5-8-14(19)3/h5-11H,4,12H2,1-3H3,(H,23,28). The van der Waals surface area contributed by atoms with Crippen LogP contribution in [-0.4, -0.2) is 44.4 Å². The molecule has 0 bridgehead atoms. The molecule has 0 saturated carbocycles. The van der Waals surface area contributed by atoms with Gasteiger partial charge in [0.15, 0.2) is 0 Å². The number of rotatable bonds is 8. The van der Waals surface area contributed by atoms with Crippen LogP contribution in [0, 0.1) is 13.8 Å². The van der Waals surface area contributed by atoms with Crippen molar-refractivity contribution in [2.45, 2.75) is 25.9 Å². The molecule has 33 heavy (non-hydrogen) atoms. The zero-order valence-corrected chi connectivity index (χ0v) is 19.8. The summed E-state index contributed by atoms with van der Waals surface area (Å²) in [5.41, 5.74) is 3.78. The lowest BCUT2D eigenvalue weighted by atomic mass is 10.1. The van der Waals surface area contributed by atoms with Crippen LogP contribution in [0.2, 0.25) is 0 Å². The van der Waals surface area contributed by atoms with E-state index < -0.39 is 5.97 Å². The number of nitrogens with zero attached hydrogens (tertiary/aromatic N) is 4. The van der Waals surface area contributed by atoms with Gasteiger partial charge in [-0.1, -0.05) is 30.0 Å². The number of tetrazole rings is 1. The summed E-state index contributed by atoms with van der Waals surface area (Å²) in [6, 6.07) is 9.42. The van der Waals surface area contributed by atoms with Gasteiger partial charge >= 0.3 is 5.97 Å². The number of thioether (sulfide) groups is 1. The number of carbonyl (C=O) groups is 2. The molecule has 0 aliphatic carbocycles. The number of carbonyl (C=O) groups excluding carboxylic acids is 2. The first-order valence-electron chi connectivity index (χ1n) is 10.1. The van der Waals surface area contributed by atoms with Gasteiger partial charge in [0.05, 0.1) is 24.3 Å². The fourth-order valence-electron chi connectivity index (χ4n) is 3.31. The lowest BCUT2D eigenvalue weighted by Crippen LogP contribution is -2.17. The van der Waals surface area contributed by atoms with Crippen molar-refractivity contribution in [1.29, 1.82) is 0 Å². The Hall–Kier alpha value is -3.44. The number of anilines is 1. The fraction of sp³-hybridized carbons (Fsp3) is 0.227. The summed E-state index contributed by atoms with van der Waals surface area (Å²) >= 11 is 2.44. The molecular formula is C22H21N5O4S2. The molecule has 3 heterocycles. The average Bonchev–Trinajstić information content (AvgIpc) is 3.53. The van der Waals surface area contributed by atoms with Gasteiger partial charge in [0, 0.05) is 10.9 Å². The molecule has 1 aromatic carbocycles. The number of hydrogen-bond donors (Lipinski definition) is 1. The molecule has 3 aromatic heterocycles. The van der Waals surface area contributed by atoms with Gasteiger partial charge in [-0.2, -0.15) is 4.68 Å². The van der Waals surface area contributed by atoms with Crippen LogP contribution in [0.5, 0.6) is 0 Å². The van der Waals surface area contributed by atoms with Crippen LogP contribution in [0.15, 0.2) is 51.5 Å². The second-order valence-electron chi connectivity index (χ2n) is 7.00. The van der Waals surface area contributed by atoms with Crippen molar-refractivity contribution in [3.63, 3.8) is 0 Å². The maximum Gasteiger partial charge on any atom is 0.341 e. The number of para-hydroxylation sites is 1. The van der Waals surface area contributed by atoms with E-state index in [0.717, 1.165) is 16.8 Å². The summed E-state index contributed by atoms with van der Waals surface area (Å²) in [6.07, 6.45) is 1.52. The average molecular weight is 484 g/mol. The third-order valence-corrected chi connectivity index (χ3v) is 6.55. The van der Waals surface area contributed by atoms with Gasteiger partial charge in [-0.25, -0.2) is 4.79 Å². The van der Waals surface area contributed by atoms with Crippen molar-refractivity contribution >= 4 is 40.0 Å². The van der Waals surface area contributed by atoms with Crippen molar-refractivity contribution in [3.8, 4) is 17.0 Å². The van der Waals surface area contributed by atoms with Crippen LogP contribution in [0.3, 0.4) is 0 Å². The number of ether oxygens (including phenoxy) is 1. The van der Waals surface area contributed by atoms with Crippen LogP contribution in [-0.2, 0) is 9.53 Å². The number of aromatic nitrogens is 4. The number of nitrogens with one attached hydrogen (secondary N) is 1. The molecule has 4 rings (SSSR count). The van der Waals surface area contributed by atoms with Crippen LogP contribution >= 0.6 is 23.1 Å². The van der Waals surface area contributed by atoms with Crippen molar-refractivity contribution < 1.29 is 18.7 Å². The molecule has 0 fully saturated rings. The molecule has 0 unspecified atom stereocenters. The smallest absolute Gasteiger partial charge is 0.341 e. The number of esters is 1. The first-order chi connectivity index (χ1) is 16.0.